The van der Waals surface area contributed by atoms with Crippen molar-refractivity contribution in [2.75, 3.05) is 19.7 Å². The van der Waals surface area contributed by atoms with E-state index in [-0.39, 0.29) is 18.5 Å². The van der Waals surface area contributed by atoms with Gasteiger partial charge in [-0.2, -0.15) is 0 Å². The summed E-state index contributed by atoms with van der Waals surface area (Å²) >= 11 is 0. The van der Waals surface area contributed by atoms with Crippen molar-refractivity contribution >= 4 is 12.0 Å². The van der Waals surface area contributed by atoms with Gasteiger partial charge >= 0.3 is 12.0 Å². The summed E-state index contributed by atoms with van der Waals surface area (Å²) in [6.45, 7) is 4.75. The molecule has 6 nitrogen and oxygen atoms in total. The lowest BCUT2D eigenvalue weighted by Crippen LogP contribution is -2.42. The summed E-state index contributed by atoms with van der Waals surface area (Å²) in [5, 5.41) is 14.3. The SMILES string of the molecule is CC(C)C(CNC(=O)NCCOC1CCCC1)C(=O)O. The number of rotatable bonds is 8. The van der Waals surface area contributed by atoms with Crippen molar-refractivity contribution < 1.29 is 19.4 Å². The minimum Gasteiger partial charge on any atom is -0.481 e. The standard InChI is InChI=1S/C14H26N2O4/c1-10(2)12(13(17)18)9-16-14(19)15-7-8-20-11-5-3-4-6-11/h10-12H,3-9H2,1-2H3,(H,17,18)(H2,15,16,19). The summed E-state index contributed by atoms with van der Waals surface area (Å²) in [5.74, 6) is -1.46. The number of nitrogens with one attached hydrogen (secondary N) is 2. The largest absolute Gasteiger partial charge is 0.481 e. The number of carboxylic acid groups (broad SMARTS) is 1. The fourth-order valence-electron chi connectivity index (χ4n) is 2.32. The lowest BCUT2D eigenvalue weighted by atomic mass is 9.96. The van der Waals surface area contributed by atoms with Crippen LogP contribution in [0.15, 0.2) is 0 Å². The number of aliphatic carboxylic acids is 1. The van der Waals surface area contributed by atoms with Crippen LogP contribution in [0, 0.1) is 11.8 Å². The smallest absolute Gasteiger partial charge is 0.314 e. The minimum absolute atomic E-state index is 0.0153. The molecule has 0 heterocycles. The van der Waals surface area contributed by atoms with Crippen LogP contribution in [0.4, 0.5) is 4.79 Å². The Labute approximate surface area is 120 Å². The van der Waals surface area contributed by atoms with E-state index >= 15 is 0 Å². The van der Waals surface area contributed by atoms with Gasteiger partial charge in [-0.1, -0.05) is 26.7 Å². The van der Waals surface area contributed by atoms with Crippen LogP contribution in [-0.4, -0.2) is 42.9 Å². The highest BCUT2D eigenvalue weighted by molar-refractivity contribution is 5.75. The van der Waals surface area contributed by atoms with Gasteiger partial charge in [0.2, 0.25) is 0 Å². The van der Waals surface area contributed by atoms with E-state index in [1.165, 1.54) is 12.8 Å². The number of hydrogen-bond acceptors (Lipinski definition) is 3. The molecule has 0 radical (unpaired) electrons. The van der Waals surface area contributed by atoms with Crippen LogP contribution in [0.5, 0.6) is 0 Å². The van der Waals surface area contributed by atoms with Gasteiger partial charge in [-0.25, -0.2) is 4.79 Å². The van der Waals surface area contributed by atoms with E-state index in [0.717, 1.165) is 12.8 Å². The highest BCUT2D eigenvalue weighted by Crippen LogP contribution is 2.20. The van der Waals surface area contributed by atoms with Gasteiger partial charge in [-0.3, -0.25) is 4.79 Å². The van der Waals surface area contributed by atoms with Crippen molar-refractivity contribution in [1.29, 1.82) is 0 Å². The van der Waals surface area contributed by atoms with Gasteiger partial charge in [0.15, 0.2) is 0 Å². The van der Waals surface area contributed by atoms with E-state index in [9.17, 15) is 9.59 Å². The summed E-state index contributed by atoms with van der Waals surface area (Å²) in [4.78, 5) is 22.5. The van der Waals surface area contributed by atoms with Crippen LogP contribution in [-0.2, 0) is 9.53 Å². The van der Waals surface area contributed by atoms with E-state index in [1.54, 1.807) is 0 Å². The molecule has 6 heteroatoms. The second kappa shape index (κ2) is 8.79. The van der Waals surface area contributed by atoms with Crippen LogP contribution >= 0.6 is 0 Å². The first-order valence-corrected chi connectivity index (χ1v) is 7.36. The highest BCUT2D eigenvalue weighted by Gasteiger charge is 2.21. The third-order valence-electron chi connectivity index (χ3n) is 3.65. The predicted octanol–water partition coefficient (Wildman–Crippen LogP) is 1.60. The zero-order chi connectivity index (χ0) is 15.0. The van der Waals surface area contributed by atoms with Crippen molar-refractivity contribution in [2.45, 2.75) is 45.6 Å². The lowest BCUT2D eigenvalue weighted by Gasteiger charge is -2.17. The van der Waals surface area contributed by atoms with Gasteiger partial charge in [-0.05, 0) is 18.8 Å². The van der Waals surface area contributed by atoms with E-state index in [1.807, 2.05) is 13.8 Å². The average Bonchev–Trinajstić information content (AvgIpc) is 2.87. The van der Waals surface area contributed by atoms with Crippen molar-refractivity contribution in [3.05, 3.63) is 0 Å². The van der Waals surface area contributed by atoms with E-state index in [0.29, 0.717) is 19.3 Å². The Morgan fingerprint density at radius 2 is 1.90 bits per heavy atom. The summed E-state index contributed by atoms with van der Waals surface area (Å²) < 4.78 is 5.62. The molecule has 1 unspecified atom stereocenters. The Bertz CT molecular complexity index is 314. The Balaban J connectivity index is 2.08. The van der Waals surface area contributed by atoms with E-state index in [2.05, 4.69) is 10.6 Å². The molecule has 1 rings (SSSR count). The highest BCUT2D eigenvalue weighted by atomic mass is 16.5. The maximum absolute atomic E-state index is 11.5. The number of carbonyl (C=O) groups is 2. The topological polar surface area (TPSA) is 87.7 Å². The zero-order valence-electron chi connectivity index (χ0n) is 12.4. The number of ether oxygens (including phenoxy) is 1. The molecule has 1 aliphatic rings. The Morgan fingerprint density at radius 3 is 2.45 bits per heavy atom. The number of hydrogen-bond donors (Lipinski definition) is 3. The monoisotopic (exact) mass is 286 g/mol. The van der Waals surface area contributed by atoms with Gasteiger partial charge in [0.05, 0.1) is 18.6 Å². The summed E-state index contributed by atoms with van der Waals surface area (Å²) in [7, 11) is 0. The van der Waals surface area contributed by atoms with Crippen LogP contribution in [0.2, 0.25) is 0 Å². The van der Waals surface area contributed by atoms with Gasteiger partial charge in [0.25, 0.3) is 0 Å². The predicted molar refractivity (Wildman–Crippen MR) is 75.6 cm³/mol. The first-order valence-electron chi connectivity index (χ1n) is 7.36. The van der Waals surface area contributed by atoms with E-state index < -0.39 is 11.9 Å². The molecule has 0 aromatic rings. The third-order valence-corrected chi connectivity index (χ3v) is 3.65. The van der Waals surface area contributed by atoms with Crippen molar-refractivity contribution in [3.8, 4) is 0 Å². The molecule has 0 aromatic carbocycles. The Hall–Kier alpha value is -1.30. The molecule has 1 fully saturated rings. The van der Waals surface area contributed by atoms with Gasteiger partial charge < -0.3 is 20.5 Å². The van der Waals surface area contributed by atoms with Gasteiger partial charge in [0.1, 0.15) is 0 Å². The number of urea groups is 1. The van der Waals surface area contributed by atoms with E-state index in [4.69, 9.17) is 9.84 Å². The molecule has 0 saturated heterocycles. The van der Waals surface area contributed by atoms with Crippen molar-refractivity contribution in [3.63, 3.8) is 0 Å². The molecule has 116 valence electrons. The second-order valence-corrected chi connectivity index (χ2v) is 5.60. The molecular formula is C14H26N2O4. The number of carbonyl (C=O) groups excluding carboxylic acids is 1. The molecule has 1 aliphatic carbocycles. The molecule has 0 spiro atoms. The normalized spacial score (nSPS) is 17.1. The van der Waals surface area contributed by atoms with Crippen LogP contribution in [0.3, 0.4) is 0 Å². The maximum Gasteiger partial charge on any atom is 0.314 e. The quantitative estimate of drug-likeness (QED) is 0.591. The van der Waals surface area contributed by atoms with Crippen molar-refractivity contribution in [1.82, 2.24) is 10.6 Å². The minimum atomic E-state index is -0.884. The first kappa shape index (κ1) is 16.8. The molecule has 1 atom stereocenters. The summed E-state index contributed by atoms with van der Waals surface area (Å²) in [6.07, 6.45) is 5.02. The number of amides is 2. The first-order chi connectivity index (χ1) is 9.50. The molecule has 3 N–H and O–H groups in total. The lowest BCUT2D eigenvalue weighted by molar-refractivity contribution is -0.142. The van der Waals surface area contributed by atoms with Crippen LogP contribution in [0.1, 0.15) is 39.5 Å². The molecule has 1 saturated carbocycles. The van der Waals surface area contributed by atoms with Crippen LogP contribution in [0.25, 0.3) is 0 Å². The Kier molecular flexibility index (Phi) is 7.36. The maximum atomic E-state index is 11.5. The fraction of sp³-hybridized carbons (Fsp3) is 0.857. The molecule has 0 aromatic heterocycles. The zero-order valence-corrected chi connectivity index (χ0v) is 12.4. The van der Waals surface area contributed by atoms with Crippen LogP contribution < -0.4 is 10.6 Å². The van der Waals surface area contributed by atoms with Crippen molar-refractivity contribution in [2.24, 2.45) is 11.8 Å². The van der Waals surface area contributed by atoms with Gasteiger partial charge in [0, 0.05) is 13.1 Å². The molecular weight excluding hydrogens is 260 g/mol. The second-order valence-electron chi connectivity index (χ2n) is 5.60. The average molecular weight is 286 g/mol. The van der Waals surface area contributed by atoms with Gasteiger partial charge in [-0.15, -0.1) is 0 Å². The summed E-state index contributed by atoms with van der Waals surface area (Å²) in [5.41, 5.74) is 0. The molecule has 20 heavy (non-hydrogen) atoms. The fourth-order valence-corrected chi connectivity index (χ4v) is 2.32. The Morgan fingerprint density at radius 1 is 1.25 bits per heavy atom. The summed E-state index contributed by atoms with van der Waals surface area (Å²) in [6, 6.07) is -0.341. The molecule has 2 amide bonds. The molecule has 0 aliphatic heterocycles. The third kappa shape index (κ3) is 6.23. The number of carboxylic acids is 1. The molecule has 0 bridgehead atoms.